The summed E-state index contributed by atoms with van der Waals surface area (Å²) in [5.74, 6) is 1.79. The van der Waals surface area contributed by atoms with Gasteiger partial charge in [-0.3, -0.25) is 0 Å². The summed E-state index contributed by atoms with van der Waals surface area (Å²) in [5.41, 5.74) is 6.94. The van der Waals surface area contributed by atoms with Crippen molar-refractivity contribution < 1.29 is 4.74 Å². The first-order valence-corrected chi connectivity index (χ1v) is 8.36. The van der Waals surface area contributed by atoms with Gasteiger partial charge in [-0.2, -0.15) is 0 Å². The quantitative estimate of drug-likeness (QED) is 0.606. The van der Waals surface area contributed by atoms with E-state index in [1.165, 1.54) is 4.90 Å². The molecule has 0 saturated heterocycles. The molecule has 2 aromatic rings. The van der Waals surface area contributed by atoms with Crippen molar-refractivity contribution in [1.82, 2.24) is 0 Å². The molecule has 1 atom stereocenters. The van der Waals surface area contributed by atoms with Gasteiger partial charge in [-0.15, -0.1) is 11.8 Å². The Labute approximate surface area is 135 Å². The molecule has 0 saturated carbocycles. The zero-order chi connectivity index (χ0) is 15.1. The summed E-state index contributed by atoms with van der Waals surface area (Å²) in [6, 6.07) is 16.1. The van der Waals surface area contributed by atoms with Crippen LogP contribution < -0.4 is 10.5 Å². The van der Waals surface area contributed by atoms with Crippen molar-refractivity contribution in [2.45, 2.75) is 24.3 Å². The summed E-state index contributed by atoms with van der Waals surface area (Å²) >= 11 is 7.83. The molecule has 0 aliphatic heterocycles. The van der Waals surface area contributed by atoms with Gasteiger partial charge in [0.1, 0.15) is 5.75 Å². The third kappa shape index (κ3) is 5.62. The maximum Gasteiger partial charge on any atom is 0.122 e. The molecule has 0 radical (unpaired) electrons. The molecular weight excluding hydrogens is 302 g/mol. The Bertz CT molecular complexity index is 560. The molecule has 2 aromatic carbocycles. The number of hydrogen-bond acceptors (Lipinski definition) is 3. The predicted octanol–water partition coefficient (Wildman–Crippen LogP) is 4.40. The first-order chi connectivity index (χ1) is 10.1. The maximum absolute atomic E-state index is 6.04. The van der Waals surface area contributed by atoms with Crippen LogP contribution in [0.1, 0.15) is 12.5 Å². The zero-order valence-corrected chi connectivity index (χ0v) is 13.7. The van der Waals surface area contributed by atoms with Gasteiger partial charge >= 0.3 is 0 Å². The van der Waals surface area contributed by atoms with Crippen molar-refractivity contribution in [2.24, 2.45) is 5.73 Å². The van der Waals surface area contributed by atoms with E-state index in [4.69, 9.17) is 22.1 Å². The van der Waals surface area contributed by atoms with Crippen LogP contribution in [-0.4, -0.2) is 18.4 Å². The van der Waals surface area contributed by atoms with E-state index in [0.717, 1.165) is 28.5 Å². The van der Waals surface area contributed by atoms with E-state index in [-0.39, 0.29) is 6.04 Å². The minimum atomic E-state index is 0.0875. The molecule has 4 heteroatoms. The maximum atomic E-state index is 6.04. The summed E-state index contributed by atoms with van der Waals surface area (Å²) in [5, 5.41) is 0.719. The molecule has 0 fully saturated rings. The van der Waals surface area contributed by atoms with Crippen LogP contribution in [0.15, 0.2) is 53.4 Å². The van der Waals surface area contributed by atoms with Crippen molar-refractivity contribution >= 4 is 23.4 Å². The van der Waals surface area contributed by atoms with E-state index in [2.05, 4.69) is 12.1 Å². The molecule has 0 bridgehead atoms. The number of ether oxygens (including phenoxy) is 1. The Hall–Kier alpha value is -1.16. The molecule has 0 aromatic heterocycles. The highest BCUT2D eigenvalue weighted by molar-refractivity contribution is 7.99. The third-order valence-corrected chi connectivity index (χ3v) is 4.13. The van der Waals surface area contributed by atoms with E-state index in [1.54, 1.807) is 11.8 Å². The first kappa shape index (κ1) is 16.2. The van der Waals surface area contributed by atoms with Gasteiger partial charge < -0.3 is 10.5 Å². The molecular formula is C17H20ClNOS. The average molecular weight is 322 g/mol. The average Bonchev–Trinajstić information content (AvgIpc) is 2.46. The lowest BCUT2D eigenvalue weighted by molar-refractivity contribution is 0.339. The molecule has 2 nitrogen and oxygen atoms in total. The lowest BCUT2D eigenvalue weighted by Gasteiger charge is -2.13. The number of nitrogens with two attached hydrogens (primary N) is 1. The molecule has 112 valence electrons. The SMILES string of the molecule is CC(N)Cc1cc(Cl)ccc1OCCSc1ccccc1. The lowest BCUT2D eigenvalue weighted by atomic mass is 10.1. The molecule has 0 aliphatic carbocycles. The molecule has 1 unspecified atom stereocenters. The molecule has 0 amide bonds. The van der Waals surface area contributed by atoms with Crippen molar-refractivity contribution in [3.05, 3.63) is 59.1 Å². The molecule has 21 heavy (non-hydrogen) atoms. The smallest absolute Gasteiger partial charge is 0.122 e. The second-order valence-corrected chi connectivity index (χ2v) is 6.55. The molecule has 0 heterocycles. The number of benzene rings is 2. The number of halogens is 1. The van der Waals surface area contributed by atoms with Crippen molar-refractivity contribution in [3.63, 3.8) is 0 Å². The Balaban J connectivity index is 1.87. The summed E-state index contributed by atoms with van der Waals surface area (Å²) in [6.45, 7) is 2.64. The van der Waals surface area contributed by atoms with Gasteiger partial charge in [0.05, 0.1) is 6.61 Å². The summed E-state index contributed by atoms with van der Waals surface area (Å²) in [6.07, 6.45) is 0.766. The zero-order valence-electron chi connectivity index (χ0n) is 12.1. The van der Waals surface area contributed by atoms with E-state index < -0.39 is 0 Å². The highest BCUT2D eigenvalue weighted by atomic mass is 35.5. The highest BCUT2D eigenvalue weighted by Gasteiger charge is 2.07. The molecule has 0 aliphatic rings. The third-order valence-electron chi connectivity index (χ3n) is 2.92. The highest BCUT2D eigenvalue weighted by Crippen LogP contribution is 2.25. The molecule has 2 N–H and O–H groups in total. The van der Waals surface area contributed by atoms with Crippen LogP contribution in [0.2, 0.25) is 5.02 Å². The van der Waals surface area contributed by atoms with E-state index in [0.29, 0.717) is 6.61 Å². The second-order valence-electron chi connectivity index (χ2n) is 4.94. The van der Waals surface area contributed by atoms with Crippen LogP contribution in [0.3, 0.4) is 0 Å². The lowest BCUT2D eigenvalue weighted by Crippen LogP contribution is -2.18. The minimum absolute atomic E-state index is 0.0875. The van der Waals surface area contributed by atoms with E-state index in [9.17, 15) is 0 Å². The van der Waals surface area contributed by atoms with Crippen molar-refractivity contribution in [1.29, 1.82) is 0 Å². The Morgan fingerprint density at radius 2 is 1.95 bits per heavy atom. The Morgan fingerprint density at radius 1 is 1.19 bits per heavy atom. The molecule has 2 rings (SSSR count). The van der Waals surface area contributed by atoms with Gasteiger partial charge in [0, 0.05) is 21.7 Å². The fraction of sp³-hybridized carbons (Fsp3) is 0.294. The largest absolute Gasteiger partial charge is 0.492 e. The second kappa shape index (κ2) is 8.32. The van der Waals surface area contributed by atoms with Gasteiger partial charge in [-0.25, -0.2) is 0 Å². The summed E-state index contributed by atoms with van der Waals surface area (Å²) in [4.78, 5) is 1.26. The minimum Gasteiger partial charge on any atom is -0.492 e. The standard InChI is InChI=1S/C17H20ClNOS/c1-13(19)11-14-12-15(18)7-8-17(14)20-9-10-21-16-5-3-2-4-6-16/h2-8,12-13H,9-11,19H2,1H3. The van der Waals surface area contributed by atoms with Gasteiger partial charge in [0.2, 0.25) is 0 Å². The Kier molecular flexibility index (Phi) is 6.43. The van der Waals surface area contributed by atoms with Crippen molar-refractivity contribution in [2.75, 3.05) is 12.4 Å². The van der Waals surface area contributed by atoms with Crippen LogP contribution in [0.5, 0.6) is 5.75 Å². The topological polar surface area (TPSA) is 35.2 Å². The number of thioether (sulfide) groups is 1. The van der Waals surface area contributed by atoms with Crippen molar-refractivity contribution in [3.8, 4) is 5.75 Å². The van der Waals surface area contributed by atoms with Gasteiger partial charge in [-0.05, 0) is 49.2 Å². The van der Waals surface area contributed by atoms with Crippen LogP contribution in [-0.2, 0) is 6.42 Å². The number of hydrogen-bond donors (Lipinski definition) is 1. The molecule has 0 spiro atoms. The fourth-order valence-corrected chi connectivity index (χ4v) is 2.97. The predicted molar refractivity (Wildman–Crippen MR) is 91.5 cm³/mol. The van der Waals surface area contributed by atoms with Crippen LogP contribution in [0.25, 0.3) is 0 Å². The van der Waals surface area contributed by atoms with Crippen LogP contribution >= 0.6 is 23.4 Å². The summed E-state index contributed by atoms with van der Waals surface area (Å²) in [7, 11) is 0. The van der Waals surface area contributed by atoms with Gasteiger partial charge in [0.15, 0.2) is 0 Å². The first-order valence-electron chi connectivity index (χ1n) is 7.00. The van der Waals surface area contributed by atoms with Gasteiger partial charge in [0.25, 0.3) is 0 Å². The normalized spacial score (nSPS) is 12.1. The number of rotatable bonds is 7. The van der Waals surface area contributed by atoms with Gasteiger partial charge in [-0.1, -0.05) is 29.8 Å². The fourth-order valence-electron chi connectivity index (χ4n) is 2.02. The summed E-state index contributed by atoms with van der Waals surface area (Å²) < 4.78 is 5.88. The van der Waals surface area contributed by atoms with Crippen LogP contribution in [0.4, 0.5) is 0 Å². The van der Waals surface area contributed by atoms with E-state index >= 15 is 0 Å². The van der Waals surface area contributed by atoms with Crippen LogP contribution in [0, 0.1) is 0 Å². The monoisotopic (exact) mass is 321 g/mol. The Morgan fingerprint density at radius 3 is 2.67 bits per heavy atom. The van der Waals surface area contributed by atoms with E-state index in [1.807, 2.05) is 43.3 Å².